The Hall–Kier alpha value is -2.20. The highest BCUT2D eigenvalue weighted by Gasteiger charge is 2.27. The zero-order chi connectivity index (χ0) is 13.2. The molecule has 0 amide bonds. The summed E-state index contributed by atoms with van der Waals surface area (Å²) in [5.41, 5.74) is 1.40. The number of carbonyl (C=O) groups is 1. The Kier molecular flexibility index (Phi) is 3.01. The molecular weight excluding hydrogens is 258 g/mol. The minimum Gasteiger partial charge on any atom is -0.506 e. The zero-order valence-corrected chi connectivity index (χ0v) is 10.9. The van der Waals surface area contributed by atoms with Crippen LogP contribution in [0.3, 0.4) is 0 Å². The van der Waals surface area contributed by atoms with Gasteiger partial charge in [0.05, 0.1) is 12.1 Å². The molecule has 4 heteroatoms. The van der Waals surface area contributed by atoms with Gasteiger partial charge in [-0.1, -0.05) is 30.3 Å². The first-order chi connectivity index (χ1) is 9.27. The molecule has 0 radical (unpaired) electrons. The molecule has 1 aliphatic rings. The van der Waals surface area contributed by atoms with Crippen LogP contribution in [0, 0.1) is 0 Å². The molecule has 1 aromatic heterocycles. The summed E-state index contributed by atoms with van der Waals surface area (Å²) >= 11 is 1.62. The predicted molar refractivity (Wildman–Crippen MR) is 76.8 cm³/mol. The van der Waals surface area contributed by atoms with Gasteiger partial charge in [-0.05, 0) is 11.4 Å². The third-order valence-electron chi connectivity index (χ3n) is 2.97. The monoisotopic (exact) mass is 269 g/mol. The first-order valence-corrected chi connectivity index (χ1v) is 6.75. The quantitative estimate of drug-likeness (QED) is 0.867. The van der Waals surface area contributed by atoms with Crippen LogP contribution >= 0.6 is 11.3 Å². The van der Waals surface area contributed by atoms with Gasteiger partial charge in [-0.25, -0.2) is 0 Å². The van der Waals surface area contributed by atoms with Crippen molar-refractivity contribution in [2.45, 2.75) is 6.54 Å². The maximum absolute atomic E-state index is 12.1. The second kappa shape index (κ2) is 4.82. The maximum Gasteiger partial charge on any atom is 0.199 e. The standard InChI is InChI=1S/C15H11NO2S/c17-14-11-5-1-2-6-12(11)15(18)13(14)9-16-8-10-4-3-7-19-10/h1-7,9,17H,8H2. The number of benzene rings is 1. The van der Waals surface area contributed by atoms with E-state index < -0.39 is 0 Å². The second-order valence-electron chi connectivity index (χ2n) is 4.19. The molecule has 1 aromatic carbocycles. The molecule has 3 rings (SSSR count). The van der Waals surface area contributed by atoms with Crippen LogP contribution in [0.2, 0.25) is 0 Å². The molecule has 3 nitrogen and oxygen atoms in total. The van der Waals surface area contributed by atoms with E-state index >= 15 is 0 Å². The summed E-state index contributed by atoms with van der Waals surface area (Å²) in [6.07, 6.45) is 1.47. The fourth-order valence-electron chi connectivity index (χ4n) is 2.03. The number of carbonyl (C=O) groups excluding carboxylic acids is 1. The van der Waals surface area contributed by atoms with Crippen LogP contribution in [-0.4, -0.2) is 17.1 Å². The van der Waals surface area contributed by atoms with E-state index in [1.54, 1.807) is 35.6 Å². The number of nitrogens with zero attached hydrogens (tertiary/aromatic N) is 1. The number of hydrogen-bond acceptors (Lipinski definition) is 4. The van der Waals surface area contributed by atoms with Crippen LogP contribution in [0.15, 0.2) is 52.3 Å². The van der Waals surface area contributed by atoms with Crippen LogP contribution in [0.25, 0.3) is 5.76 Å². The van der Waals surface area contributed by atoms with Crippen LogP contribution in [-0.2, 0) is 6.54 Å². The lowest BCUT2D eigenvalue weighted by Gasteiger charge is -1.95. The predicted octanol–water partition coefficient (Wildman–Crippen LogP) is 3.48. The highest BCUT2D eigenvalue weighted by Crippen LogP contribution is 2.29. The lowest BCUT2D eigenvalue weighted by Crippen LogP contribution is -2.00. The fraction of sp³-hybridized carbons (Fsp3) is 0.0667. The topological polar surface area (TPSA) is 49.7 Å². The Balaban J connectivity index is 1.85. The zero-order valence-electron chi connectivity index (χ0n) is 10.0. The highest BCUT2D eigenvalue weighted by atomic mass is 32.1. The summed E-state index contributed by atoms with van der Waals surface area (Å²) in [4.78, 5) is 17.4. The Labute approximate surface area is 114 Å². The number of fused-ring (bicyclic) bond motifs is 1. The maximum atomic E-state index is 12.1. The lowest BCUT2D eigenvalue weighted by atomic mass is 10.1. The van der Waals surface area contributed by atoms with E-state index in [9.17, 15) is 9.90 Å². The van der Waals surface area contributed by atoms with Crippen LogP contribution < -0.4 is 0 Å². The third kappa shape index (κ3) is 2.11. The molecule has 1 aliphatic carbocycles. The highest BCUT2D eigenvalue weighted by molar-refractivity contribution is 7.09. The average Bonchev–Trinajstić information content (AvgIpc) is 3.02. The molecule has 0 bridgehead atoms. The van der Waals surface area contributed by atoms with Crippen molar-refractivity contribution in [3.05, 3.63) is 63.4 Å². The van der Waals surface area contributed by atoms with Crippen molar-refractivity contribution >= 4 is 29.1 Å². The van der Waals surface area contributed by atoms with E-state index in [2.05, 4.69) is 4.99 Å². The molecule has 0 spiro atoms. The summed E-state index contributed by atoms with van der Waals surface area (Å²) < 4.78 is 0. The molecule has 0 saturated carbocycles. The normalized spacial score (nSPS) is 14.4. The number of ketones is 1. The van der Waals surface area contributed by atoms with Gasteiger partial charge in [0.2, 0.25) is 0 Å². The van der Waals surface area contributed by atoms with Crippen molar-refractivity contribution in [2.75, 3.05) is 0 Å². The molecule has 1 N–H and O–H groups in total. The summed E-state index contributed by atoms with van der Waals surface area (Å²) in [6, 6.07) is 11.0. The number of aliphatic imine (C=N–C) groups is 1. The van der Waals surface area contributed by atoms with Gasteiger partial charge in [-0.15, -0.1) is 11.3 Å². The summed E-state index contributed by atoms with van der Waals surface area (Å²) in [7, 11) is 0. The first kappa shape index (κ1) is 11.9. The Morgan fingerprint density at radius 1 is 1.16 bits per heavy atom. The number of allylic oxidation sites excluding steroid dienone is 1. The summed E-state index contributed by atoms with van der Waals surface area (Å²) in [6.45, 7) is 0.526. The van der Waals surface area contributed by atoms with Gasteiger partial charge in [0.25, 0.3) is 0 Å². The SMILES string of the molecule is O=C1C(C=NCc2cccs2)=C(O)c2ccccc21. The first-order valence-electron chi connectivity index (χ1n) is 5.87. The van der Waals surface area contributed by atoms with Gasteiger partial charge in [-0.2, -0.15) is 0 Å². The minimum atomic E-state index is -0.164. The van der Waals surface area contributed by atoms with E-state index in [0.29, 0.717) is 17.7 Å². The second-order valence-corrected chi connectivity index (χ2v) is 5.22. The van der Waals surface area contributed by atoms with Gasteiger partial charge in [-0.3, -0.25) is 9.79 Å². The van der Waals surface area contributed by atoms with Crippen LogP contribution in [0.4, 0.5) is 0 Å². The Morgan fingerprint density at radius 2 is 1.95 bits per heavy atom. The van der Waals surface area contributed by atoms with Crippen molar-refractivity contribution in [3.8, 4) is 0 Å². The smallest absolute Gasteiger partial charge is 0.199 e. The number of aliphatic hydroxyl groups excluding tert-OH is 1. The third-order valence-corrected chi connectivity index (χ3v) is 3.84. The lowest BCUT2D eigenvalue weighted by molar-refractivity contribution is 0.104. The van der Waals surface area contributed by atoms with Crippen LogP contribution in [0.5, 0.6) is 0 Å². The van der Waals surface area contributed by atoms with Gasteiger partial charge in [0.15, 0.2) is 5.78 Å². The molecule has 0 fully saturated rings. The van der Waals surface area contributed by atoms with Crippen molar-refractivity contribution in [1.82, 2.24) is 0 Å². The molecule has 0 aliphatic heterocycles. The van der Waals surface area contributed by atoms with E-state index in [0.717, 1.165) is 4.88 Å². The minimum absolute atomic E-state index is 0.0236. The van der Waals surface area contributed by atoms with Crippen molar-refractivity contribution in [2.24, 2.45) is 4.99 Å². The van der Waals surface area contributed by atoms with Crippen LogP contribution in [0.1, 0.15) is 20.8 Å². The van der Waals surface area contributed by atoms with Gasteiger partial charge in [0.1, 0.15) is 5.76 Å². The fourth-order valence-corrected chi connectivity index (χ4v) is 2.67. The summed E-state index contributed by atoms with van der Waals surface area (Å²) in [5, 5.41) is 12.0. The van der Waals surface area contributed by atoms with E-state index in [1.165, 1.54) is 6.21 Å². The van der Waals surface area contributed by atoms with Gasteiger partial charge in [0, 0.05) is 22.2 Å². The number of rotatable bonds is 3. The average molecular weight is 269 g/mol. The number of hydrogen-bond donors (Lipinski definition) is 1. The Bertz CT molecular complexity index is 684. The van der Waals surface area contributed by atoms with Gasteiger partial charge < -0.3 is 5.11 Å². The van der Waals surface area contributed by atoms with E-state index in [4.69, 9.17) is 0 Å². The molecular formula is C15H11NO2S. The molecule has 2 aromatic rings. The number of aliphatic hydroxyl groups is 1. The number of thiophene rings is 1. The Morgan fingerprint density at radius 3 is 2.63 bits per heavy atom. The molecule has 1 heterocycles. The van der Waals surface area contributed by atoms with E-state index in [-0.39, 0.29) is 17.1 Å². The van der Waals surface area contributed by atoms with Crippen molar-refractivity contribution < 1.29 is 9.90 Å². The molecule has 19 heavy (non-hydrogen) atoms. The summed E-state index contributed by atoms with van der Waals surface area (Å²) in [5.74, 6) is -0.140. The number of Topliss-reactive ketones (excluding diaryl/α,β-unsaturated/α-hetero) is 1. The van der Waals surface area contributed by atoms with Crippen molar-refractivity contribution in [3.63, 3.8) is 0 Å². The van der Waals surface area contributed by atoms with Crippen molar-refractivity contribution in [1.29, 1.82) is 0 Å². The van der Waals surface area contributed by atoms with E-state index in [1.807, 2.05) is 17.5 Å². The molecule has 94 valence electrons. The molecule has 0 atom stereocenters. The van der Waals surface area contributed by atoms with Gasteiger partial charge >= 0.3 is 0 Å². The molecule has 0 saturated heterocycles. The largest absolute Gasteiger partial charge is 0.506 e. The molecule has 0 unspecified atom stereocenters.